The molecule has 1 aliphatic carbocycles. The summed E-state index contributed by atoms with van der Waals surface area (Å²) < 4.78 is 3.86. The fraction of sp³-hybridized carbons (Fsp3) is 0.714. The van der Waals surface area contributed by atoms with Crippen LogP contribution >= 0.6 is 0 Å². The summed E-state index contributed by atoms with van der Waals surface area (Å²) in [6.07, 6.45) is 3.97. The molecule has 0 unspecified atom stereocenters. The highest BCUT2D eigenvalue weighted by Gasteiger charge is 2.07. The minimum Gasteiger partial charge on any atom is -0.471 e. The largest absolute Gasteiger partial charge is 0.471 e. The SMILES string of the molecule is COC=O.O=C1CCCC1. The third-order valence-corrected chi connectivity index (χ3v) is 1.26. The first-order valence-corrected chi connectivity index (χ1v) is 3.29. The van der Waals surface area contributed by atoms with Crippen molar-refractivity contribution in [3.63, 3.8) is 0 Å². The average molecular weight is 144 g/mol. The molecule has 0 N–H and O–H groups in total. The van der Waals surface area contributed by atoms with E-state index in [-0.39, 0.29) is 0 Å². The minimum atomic E-state index is 0.375. The second-order valence-corrected chi connectivity index (χ2v) is 2.08. The fourth-order valence-electron chi connectivity index (χ4n) is 0.769. The predicted molar refractivity (Wildman–Crippen MR) is 36.5 cm³/mol. The molecule has 0 amide bonds. The van der Waals surface area contributed by atoms with Gasteiger partial charge in [-0.05, 0) is 12.8 Å². The molecule has 0 aromatic rings. The number of carbonyl (C=O) groups excluding carboxylic acids is 2. The third kappa shape index (κ3) is 5.28. The van der Waals surface area contributed by atoms with Crippen molar-refractivity contribution in [1.29, 1.82) is 0 Å². The van der Waals surface area contributed by atoms with Gasteiger partial charge in [0.15, 0.2) is 0 Å². The molecule has 0 spiro atoms. The Hall–Kier alpha value is -0.860. The molecule has 0 bridgehead atoms. The van der Waals surface area contributed by atoms with Gasteiger partial charge >= 0.3 is 0 Å². The predicted octanol–water partition coefficient (Wildman–Crippen LogP) is 0.919. The van der Waals surface area contributed by atoms with Crippen LogP contribution in [0.1, 0.15) is 25.7 Å². The van der Waals surface area contributed by atoms with E-state index in [0.29, 0.717) is 12.3 Å². The zero-order valence-electron chi connectivity index (χ0n) is 6.13. The summed E-state index contributed by atoms with van der Waals surface area (Å²) in [4.78, 5) is 19.2. The number of methoxy groups -OCH3 is 1. The molecule has 0 heterocycles. The van der Waals surface area contributed by atoms with Crippen LogP contribution in [0.25, 0.3) is 0 Å². The molecule has 0 aliphatic heterocycles. The van der Waals surface area contributed by atoms with Crippen LogP contribution < -0.4 is 0 Å². The molecule has 58 valence electrons. The van der Waals surface area contributed by atoms with Crippen LogP contribution in [0, 0.1) is 0 Å². The number of hydrogen-bond acceptors (Lipinski definition) is 3. The summed E-state index contributed by atoms with van der Waals surface area (Å²) in [6, 6.07) is 0. The Morgan fingerprint density at radius 1 is 1.40 bits per heavy atom. The van der Waals surface area contributed by atoms with Gasteiger partial charge < -0.3 is 4.74 Å². The molecule has 10 heavy (non-hydrogen) atoms. The first-order valence-electron chi connectivity index (χ1n) is 3.29. The van der Waals surface area contributed by atoms with Gasteiger partial charge in [-0.3, -0.25) is 9.59 Å². The molecule has 1 saturated carbocycles. The molecular weight excluding hydrogens is 132 g/mol. The monoisotopic (exact) mass is 144 g/mol. The zero-order valence-corrected chi connectivity index (χ0v) is 6.13. The number of ketones is 1. The Balaban J connectivity index is 0.000000180. The van der Waals surface area contributed by atoms with Gasteiger partial charge in [0, 0.05) is 12.8 Å². The first-order chi connectivity index (χ1) is 4.81. The van der Waals surface area contributed by atoms with Gasteiger partial charge in [-0.1, -0.05) is 0 Å². The van der Waals surface area contributed by atoms with Crippen molar-refractivity contribution in [2.75, 3.05) is 7.11 Å². The van der Waals surface area contributed by atoms with Crippen molar-refractivity contribution in [3.05, 3.63) is 0 Å². The number of Topliss-reactive ketones (excluding diaryl/α,β-unsaturated/α-hetero) is 1. The quantitative estimate of drug-likeness (QED) is 0.514. The molecule has 0 saturated heterocycles. The molecular formula is C7H12O3. The van der Waals surface area contributed by atoms with Crippen LogP contribution in [0.15, 0.2) is 0 Å². The van der Waals surface area contributed by atoms with Gasteiger partial charge in [-0.15, -0.1) is 0 Å². The van der Waals surface area contributed by atoms with E-state index in [2.05, 4.69) is 4.74 Å². The van der Waals surface area contributed by atoms with Crippen molar-refractivity contribution in [1.82, 2.24) is 0 Å². The number of rotatable bonds is 1. The normalized spacial score (nSPS) is 15.5. The van der Waals surface area contributed by atoms with E-state index < -0.39 is 0 Å². The highest BCUT2D eigenvalue weighted by atomic mass is 16.5. The summed E-state index contributed by atoms with van der Waals surface area (Å²) in [5, 5.41) is 0. The Bertz CT molecular complexity index is 101. The molecule has 0 aromatic carbocycles. The maximum absolute atomic E-state index is 10.2. The number of ether oxygens (including phenoxy) is 1. The van der Waals surface area contributed by atoms with Crippen LogP contribution in [0.3, 0.4) is 0 Å². The Kier molecular flexibility index (Phi) is 5.72. The van der Waals surface area contributed by atoms with Crippen LogP contribution in [-0.2, 0) is 14.3 Å². The second kappa shape index (κ2) is 6.26. The summed E-state index contributed by atoms with van der Waals surface area (Å²) in [6.45, 7) is 0.375. The van der Waals surface area contributed by atoms with Gasteiger partial charge in [0.1, 0.15) is 5.78 Å². The van der Waals surface area contributed by atoms with Crippen molar-refractivity contribution in [3.8, 4) is 0 Å². The maximum atomic E-state index is 10.2. The Morgan fingerprint density at radius 2 is 1.80 bits per heavy atom. The molecule has 3 heteroatoms. The highest BCUT2D eigenvalue weighted by molar-refractivity contribution is 5.79. The molecule has 0 aromatic heterocycles. The molecule has 0 radical (unpaired) electrons. The van der Waals surface area contributed by atoms with Crippen LogP contribution in [-0.4, -0.2) is 19.4 Å². The molecule has 1 aliphatic rings. The lowest BCUT2D eigenvalue weighted by Crippen LogP contribution is -1.81. The van der Waals surface area contributed by atoms with E-state index in [0.717, 1.165) is 25.7 Å². The third-order valence-electron chi connectivity index (χ3n) is 1.26. The van der Waals surface area contributed by atoms with Gasteiger partial charge in [-0.25, -0.2) is 0 Å². The van der Waals surface area contributed by atoms with Crippen molar-refractivity contribution >= 4 is 12.3 Å². The minimum absolute atomic E-state index is 0.375. The van der Waals surface area contributed by atoms with Gasteiger partial charge in [-0.2, -0.15) is 0 Å². The van der Waals surface area contributed by atoms with Gasteiger partial charge in [0.05, 0.1) is 7.11 Å². The van der Waals surface area contributed by atoms with Gasteiger partial charge in [0.2, 0.25) is 0 Å². The number of carbonyl (C=O) groups is 2. The molecule has 1 rings (SSSR count). The van der Waals surface area contributed by atoms with Crippen LogP contribution in [0.4, 0.5) is 0 Å². The average Bonchev–Trinajstić information content (AvgIpc) is 2.40. The molecule has 0 atom stereocenters. The zero-order chi connectivity index (χ0) is 7.82. The molecule has 3 nitrogen and oxygen atoms in total. The maximum Gasteiger partial charge on any atom is 0.292 e. The molecule has 1 fully saturated rings. The fourth-order valence-corrected chi connectivity index (χ4v) is 0.769. The topological polar surface area (TPSA) is 43.4 Å². The lowest BCUT2D eigenvalue weighted by Gasteiger charge is -1.71. The van der Waals surface area contributed by atoms with Crippen molar-refractivity contribution < 1.29 is 14.3 Å². The van der Waals surface area contributed by atoms with Crippen LogP contribution in [0.2, 0.25) is 0 Å². The summed E-state index contributed by atoms with van der Waals surface area (Å²) in [5.74, 6) is 0.454. The summed E-state index contributed by atoms with van der Waals surface area (Å²) >= 11 is 0. The number of hydrogen-bond donors (Lipinski definition) is 0. The van der Waals surface area contributed by atoms with E-state index in [1.54, 1.807) is 0 Å². The van der Waals surface area contributed by atoms with Gasteiger partial charge in [0.25, 0.3) is 6.47 Å². The van der Waals surface area contributed by atoms with E-state index in [1.165, 1.54) is 7.11 Å². The Morgan fingerprint density at radius 3 is 1.90 bits per heavy atom. The summed E-state index contributed by atoms with van der Waals surface area (Å²) in [5.41, 5.74) is 0. The van der Waals surface area contributed by atoms with E-state index in [9.17, 15) is 4.79 Å². The first kappa shape index (κ1) is 9.14. The standard InChI is InChI=1S/C5H8O.C2H4O2/c6-5-3-1-2-4-5;1-4-2-3/h1-4H2;2H,1H3. The lowest BCUT2D eigenvalue weighted by molar-refractivity contribution is -0.126. The Labute approximate surface area is 60.4 Å². The van der Waals surface area contributed by atoms with E-state index in [1.807, 2.05) is 0 Å². The van der Waals surface area contributed by atoms with Crippen molar-refractivity contribution in [2.45, 2.75) is 25.7 Å². The van der Waals surface area contributed by atoms with Crippen LogP contribution in [0.5, 0.6) is 0 Å². The lowest BCUT2D eigenvalue weighted by atomic mass is 10.4. The smallest absolute Gasteiger partial charge is 0.292 e. The van der Waals surface area contributed by atoms with Crippen molar-refractivity contribution in [2.24, 2.45) is 0 Å². The summed E-state index contributed by atoms with van der Waals surface area (Å²) in [7, 11) is 1.31. The van der Waals surface area contributed by atoms with E-state index >= 15 is 0 Å². The second-order valence-electron chi connectivity index (χ2n) is 2.08. The van der Waals surface area contributed by atoms with E-state index in [4.69, 9.17) is 4.79 Å². The highest BCUT2D eigenvalue weighted by Crippen LogP contribution is 2.11.